The summed E-state index contributed by atoms with van der Waals surface area (Å²) in [7, 11) is 0. The van der Waals surface area contributed by atoms with Crippen LogP contribution in [0, 0.1) is 13.8 Å². The van der Waals surface area contributed by atoms with Gasteiger partial charge in [-0.3, -0.25) is 9.48 Å². The molecule has 0 amide bonds. The van der Waals surface area contributed by atoms with Crippen LogP contribution in [0.5, 0.6) is 0 Å². The number of carbonyl (C=O) groups excluding carboxylic acids is 1. The highest BCUT2D eigenvalue weighted by atomic mass is 16.5. The SMILES string of the molecule is CCNC(C)(CCn1nc(C)nc1C)C(=O)OCC. The van der Waals surface area contributed by atoms with Gasteiger partial charge in [0.15, 0.2) is 0 Å². The van der Waals surface area contributed by atoms with Crippen LogP contribution in [0.4, 0.5) is 0 Å². The molecule has 0 radical (unpaired) electrons. The summed E-state index contributed by atoms with van der Waals surface area (Å²) < 4.78 is 6.96. The van der Waals surface area contributed by atoms with Crippen LogP contribution >= 0.6 is 0 Å². The third-order valence-corrected chi connectivity index (χ3v) is 3.08. The predicted molar refractivity (Wildman–Crippen MR) is 72.8 cm³/mol. The van der Waals surface area contributed by atoms with Gasteiger partial charge in [-0.15, -0.1) is 0 Å². The fourth-order valence-corrected chi connectivity index (χ4v) is 2.05. The van der Waals surface area contributed by atoms with Crippen LogP contribution in [0.15, 0.2) is 0 Å². The zero-order valence-corrected chi connectivity index (χ0v) is 12.5. The lowest BCUT2D eigenvalue weighted by atomic mass is 9.98. The number of nitrogens with one attached hydrogen (secondary N) is 1. The van der Waals surface area contributed by atoms with Gasteiger partial charge in [0.25, 0.3) is 0 Å². The van der Waals surface area contributed by atoms with Crippen LogP contribution in [0.25, 0.3) is 0 Å². The van der Waals surface area contributed by atoms with Crippen LogP contribution in [0.3, 0.4) is 0 Å². The number of esters is 1. The minimum absolute atomic E-state index is 0.216. The van der Waals surface area contributed by atoms with Gasteiger partial charge in [-0.05, 0) is 40.7 Å². The highest BCUT2D eigenvalue weighted by molar-refractivity contribution is 5.80. The molecule has 1 aromatic heterocycles. The smallest absolute Gasteiger partial charge is 0.326 e. The topological polar surface area (TPSA) is 69.0 Å². The first-order valence-corrected chi connectivity index (χ1v) is 6.73. The highest BCUT2D eigenvalue weighted by Gasteiger charge is 2.33. The Labute approximate surface area is 114 Å². The van der Waals surface area contributed by atoms with E-state index < -0.39 is 5.54 Å². The normalized spacial score (nSPS) is 14.2. The molecule has 0 aliphatic heterocycles. The Hall–Kier alpha value is -1.43. The maximum Gasteiger partial charge on any atom is 0.326 e. The van der Waals surface area contributed by atoms with Crippen molar-refractivity contribution in [3.05, 3.63) is 11.6 Å². The number of aromatic nitrogens is 3. The summed E-state index contributed by atoms with van der Waals surface area (Å²) in [5.74, 6) is 1.39. The zero-order chi connectivity index (χ0) is 14.5. The van der Waals surface area contributed by atoms with Crippen LogP contribution in [-0.2, 0) is 16.1 Å². The Morgan fingerprint density at radius 3 is 2.58 bits per heavy atom. The molecule has 1 unspecified atom stereocenters. The van der Waals surface area contributed by atoms with Gasteiger partial charge in [0.1, 0.15) is 17.2 Å². The second-order valence-corrected chi connectivity index (χ2v) is 4.76. The Morgan fingerprint density at radius 2 is 2.11 bits per heavy atom. The van der Waals surface area contributed by atoms with Crippen molar-refractivity contribution in [3.63, 3.8) is 0 Å². The first kappa shape index (κ1) is 15.6. The molecule has 0 saturated heterocycles. The average Bonchev–Trinajstić information content (AvgIpc) is 2.66. The lowest BCUT2D eigenvalue weighted by Crippen LogP contribution is -2.51. The molecule has 1 heterocycles. The maximum absolute atomic E-state index is 12.0. The van der Waals surface area contributed by atoms with Crippen LogP contribution < -0.4 is 5.32 Å². The molecule has 1 N–H and O–H groups in total. The van der Waals surface area contributed by atoms with Gasteiger partial charge in [-0.1, -0.05) is 6.92 Å². The van der Waals surface area contributed by atoms with E-state index in [0.29, 0.717) is 26.1 Å². The molecule has 0 fully saturated rings. The number of carbonyl (C=O) groups is 1. The molecule has 6 nitrogen and oxygen atoms in total. The van der Waals surface area contributed by atoms with E-state index >= 15 is 0 Å². The summed E-state index contributed by atoms with van der Waals surface area (Å²) in [6, 6.07) is 0. The van der Waals surface area contributed by atoms with Gasteiger partial charge in [0.2, 0.25) is 0 Å². The fourth-order valence-electron chi connectivity index (χ4n) is 2.05. The average molecular weight is 268 g/mol. The number of hydrogen-bond acceptors (Lipinski definition) is 5. The number of nitrogens with zero attached hydrogens (tertiary/aromatic N) is 3. The number of hydrogen-bond donors (Lipinski definition) is 1. The van der Waals surface area contributed by atoms with E-state index in [1.807, 2.05) is 39.3 Å². The van der Waals surface area contributed by atoms with Gasteiger partial charge < -0.3 is 10.1 Å². The monoisotopic (exact) mass is 268 g/mol. The van der Waals surface area contributed by atoms with E-state index in [-0.39, 0.29) is 5.97 Å². The lowest BCUT2D eigenvalue weighted by molar-refractivity contribution is -0.151. The summed E-state index contributed by atoms with van der Waals surface area (Å²) in [4.78, 5) is 16.3. The third-order valence-electron chi connectivity index (χ3n) is 3.08. The van der Waals surface area contributed by atoms with Crippen molar-refractivity contribution in [1.82, 2.24) is 20.1 Å². The predicted octanol–water partition coefficient (Wildman–Crippen LogP) is 1.22. The largest absolute Gasteiger partial charge is 0.465 e. The number of aryl methyl sites for hydroxylation is 3. The van der Waals surface area contributed by atoms with Gasteiger partial charge in [-0.25, -0.2) is 4.98 Å². The molecule has 0 bridgehead atoms. The Morgan fingerprint density at radius 1 is 1.42 bits per heavy atom. The third kappa shape index (κ3) is 4.02. The Bertz CT molecular complexity index is 430. The molecule has 6 heteroatoms. The van der Waals surface area contributed by atoms with Gasteiger partial charge >= 0.3 is 5.97 Å². The quantitative estimate of drug-likeness (QED) is 0.753. The van der Waals surface area contributed by atoms with E-state index in [1.165, 1.54) is 0 Å². The lowest BCUT2D eigenvalue weighted by Gasteiger charge is -2.28. The minimum atomic E-state index is -0.683. The van der Waals surface area contributed by atoms with Crippen LogP contribution in [-0.4, -0.2) is 39.4 Å². The van der Waals surface area contributed by atoms with E-state index in [0.717, 1.165) is 11.6 Å². The molecule has 0 aliphatic rings. The van der Waals surface area contributed by atoms with Crippen molar-refractivity contribution in [3.8, 4) is 0 Å². The first-order chi connectivity index (χ1) is 8.92. The number of rotatable bonds is 7. The molecule has 0 spiro atoms. The molecule has 0 saturated carbocycles. The Kier molecular flexibility index (Phi) is 5.47. The summed E-state index contributed by atoms with van der Waals surface area (Å²) in [6.45, 7) is 11.2. The summed E-state index contributed by atoms with van der Waals surface area (Å²) >= 11 is 0. The minimum Gasteiger partial charge on any atom is -0.465 e. The zero-order valence-electron chi connectivity index (χ0n) is 12.5. The van der Waals surface area contributed by atoms with E-state index in [4.69, 9.17) is 4.74 Å². The molecule has 108 valence electrons. The van der Waals surface area contributed by atoms with Gasteiger partial charge in [0.05, 0.1) is 6.61 Å². The van der Waals surface area contributed by atoms with Crippen molar-refractivity contribution in [2.75, 3.05) is 13.2 Å². The molecule has 0 aromatic carbocycles. The summed E-state index contributed by atoms with van der Waals surface area (Å²) in [5.41, 5.74) is -0.683. The van der Waals surface area contributed by atoms with Gasteiger partial charge in [0, 0.05) is 6.54 Å². The first-order valence-electron chi connectivity index (χ1n) is 6.73. The van der Waals surface area contributed by atoms with Crippen molar-refractivity contribution < 1.29 is 9.53 Å². The molecular weight excluding hydrogens is 244 g/mol. The highest BCUT2D eigenvalue weighted by Crippen LogP contribution is 2.14. The Balaban J connectivity index is 2.73. The van der Waals surface area contributed by atoms with Crippen molar-refractivity contribution in [2.45, 2.75) is 53.1 Å². The van der Waals surface area contributed by atoms with Gasteiger partial charge in [-0.2, -0.15) is 5.10 Å². The molecule has 0 aliphatic carbocycles. The maximum atomic E-state index is 12.0. The van der Waals surface area contributed by atoms with Crippen LogP contribution in [0.1, 0.15) is 38.8 Å². The standard InChI is InChI=1S/C13H24N4O2/c1-6-14-13(5,12(18)19-7-2)8-9-17-11(4)15-10(3)16-17/h14H,6-9H2,1-5H3. The molecule has 1 atom stereocenters. The van der Waals surface area contributed by atoms with Crippen molar-refractivity contribution >= 4 is 5.97 Å². The molecule has 19 heavy (non-hydrogen) atoms. The van der Waals surface area contributed by atoms with Crippen molar-refractivity contribution in [2.24, 2.45) is 0 Å². The van der Waals surface area contributed by atoms with E-state index in [9.17, 15) is 4.79 Å². The van der Waals surface area contributed by atoms with Crippen molar-refractivity contribution in [1.29, 1.82) is 0 Å². The number of likely N-dealkylation sites (N-methyl/N-ethyl adjacent to an activating group) is 1. The number of ether oxygens (including phenoxy) is 1. The second kappa shape index (κ2) is 6.65. The fraction of sp³-hybridized carbons (Fsp3) is 0.769. The van der Waals surface area contributed by atoms with Crippen LogP contribution in [0.2, 0.25) is 0 Å². The second-order valence-electron chi connectivity index (χ2n) is 4.76. The van der Waals surface area contributed by atoms with E-state index in [1.54, 1.807) is 0 Å². The molecule has 1 aromatic rings. The summed E-state index contributed by atoms with van der Waals surface area (Å²) in [5, 5.41) is 7.51. The summed E-state index contributed by atoms with van der Waals surface area (Å²) in [6.07, 6.45) is 0.614. The van der Waals surface area contributed by atoms with E-state index in [2.05, 4.69) is 15.4 Å². The molecule has 1 rings (SSSR count). The molecular formula is C13H24N4O2.